The van der Waals surface area contributed by atoms with Gasteiger partial charge in [0, 0.05) is 5.69 Å². The van der Waals surface area contributed by atoms with E-state index in [9.17, 15) is 0 Å². The van der Waals surface area contributed by atoms with Gasteiger partial charge in [0.25, 0.3) is 0 Å². The molecule has 1 aromatic rings. The number of benzene rings is 1. The van der Waals surface area contributed by atoms with Crippen molar-refractivity contribution in [1.82, 2.24) is 0 Å². The van der Waals surface area contributed by atoms with Gasteiger partial charge in [-0.3, -0.25) is 0 Å². The predicted molar refractivity (Wildman–Crippen MR) is 80.4 cm³/mol. The van der Waals surface area contributed by atoms with Crippen molar-refractivity contribution in [3.8, 4) is 0 Å². The molecule has 4 aliphatic rings. The summed E-state index contributed by atoms with van der Waals surface area (Å²) < 4.78 is 0. The molecule has 4 fully saturated rings. The molecule has 0 amide bonds. The third kappa shape index (κ3) is 2.09. The zero-order valence-electron chi connectivity index (χ0n) is 11.5. The standard InChI is InChI=1S/C18H23N/c19-17-3-1-2-12(11-17)4-5-18-15-7-13-6-14(9-15)10-16(18)8-13/h1-5,11,13-16,18H,6-10,19H2/b5-4+. The minimum Gasteiger partial charge on any atom is -0.399 e. The third-order valence-electron chi connectivity index (χ3n) is 5.72. The molecular formula is C18H23N. The van der Waals surface area contributed by atoms with Crippen LogP contribution in [0.3, 0.4) is 0 Å². The lowest BCUT2D eigenvalue weighted by atomic mass is 9.52. The van der Waals surface area contributed by atoms with Gasteiger partial charge in [-0.25, -0.2) is 0 Å². The third-order valence-corrected chi connectivity index (χ3v) is 5.72. The fraction of sp³-hybridized carbons (Fsp3) is 0.556. The van der Waals surface area contributed by atoms with Crippen molar-refractivity contribution in [2.24, 2.45) is 29.6 Å². The highest BCUT2D eigenvalue weighted by atomic mass is 14.5. The van der Waals surface area contributed by atoms with Crippen LogP contribution in [0, 0.1) is 29.6 Å². The van der Waals surface area contributed by atoms with Crippen molar-refractivity contribution in [2.45, 2.75) is 32.1 Å². The van der Waals surface area contributed by atoms with E-state index in [4.69, 9.17) is 5.73 Å². The van der Waals surface area contributed by atoms with Crippen LogP contribution in [0.4, 0.5) is 5.69 Å². The number of hydrogen-bond donors (Lipinski definition) is 1. The van der Waals surface area contributed by atoms with Gasteiger partial charge in [-0.2, -0.15) is 0 Å². The average Bonchev–Trinajstić information content (AvgIpc) is 2.37. The van der Waals surface area contributed by atoms with Crippen molar-refractivity contribution in [2.75, 3.05) is 5.73 Å². The normalized spacial score (nSPS) is 40.1. The highest BCUT2D eigenvalue weighted by Gasteiger charge is 2.46. The highest BCUT2D eigenvalue weighted by Crippen LogP contribution is 2.56. The monoisotopic (exact) mass is 253 g/mol. The summed E-state index contributed by atoms with van der Waals surface area (Å²) in [5.74, 6) is 4.94. The van der Waals surface area contributed by atoms with E-state index in [1.165, 1.54) is 31.2 Å². The van der Waals surface area contributed by atoms with E-state index in [1.807, 2.05) is 12.1 Å². The Morgan fingerprint density at radius 2 is 1.63 bits per heavy atom. The number of nitrogen functional groups attached to an aromatic ring is 1. The van der Waals surface area contributed by atoms with Gasteiger partial charge in [0.1, 0.15) is 0 Å². The van der Waals surface area contributed by atoms with Gasteiger partial charge in [0.15, 0.2) is 0 Å². The molecule has 4 aliphatic carbocycles. The molecular weight excluding hydrogens is 230 g/mol. The minimum atomic E-state index is 0.842. The summed E-state index contributed by atoms with van der Waals surface area (Å²) in [7, 11) is 0. The van der Waals surface area contributed by atoms with Crippen molar-refractivity contribution in [3.05, 3.63) is 35.9 Å². The largest absolute Gasteiger partial charge is 0.399 e. The number of nitrogens with two attached hydrogens (primary N) is 1. The van der Waals surface area contributed by atoms with Crippen LogP contribution in [-0.4, -0.2) is 0 Å². The molecule has 2 N–H and O–H groups in total. The van der Waals surface area contributed by atoms with Crippen LogP contribution in [0.15, 0.2) is 30.3 Å². The molecule has 0 heterocycles. The Balaban J connectivity index is 1.54. The molecule has 1 aromatic carbocycles. The van der Waals surface area contributed by atoms with Crippen LogP contribution in [0.2, 0.25) is 0 Å². The SMILES string of the molecule is Nc1cccc(/C=C/C2C3CC4CC(C3)CC2C4)c1. The first-order valence-corrected chi connectivity index (χ1v) is 7.81. The number of allylic oxidation sites excluding steroid dienone is 1. The summed E-state index contributed by atoms with van der Waals surface area (Å²) >= 11 is 0. The van der Waals surface area contributed by atoms with Crippen molar-refractivity contribution in [3.63, 3.8) is 0 Å². The number of anilines is 1. The molecule has 0 radical (unpaired) electrons. The van der Waals surface area contributed by atoms with E-state index in [0.29, 0.717) is 0 Å². The maximum atomic E-state index is 5.85. The fourth-order valence-corrected chi connectivity index (χ4v) is 5.17. The van der Waals surface area contributed by atoms with Gasteiger partial charge >= 0.3 is 0 Å². The zero-order chi connectivity index (χ0) is 12.8. The molecule has 0 unspecified atom stereocenters. The maximum absolute atomic E-state index is 5.85. The quantitative estimate of drug-likeness (QED) is 0.779. The zero-order valence-corrected chi connectivity index (χ0v) is 11.5. The summed E-state index contributed by atoms with van der Waals surface area (Å²) in [5.41, 5.74) is 7.98. The molecule has 0 aromatic heterocycles. The Morgan fingerprint density at radius 3 is 2.26 bits per heavy atom. The van der Waals surface area contributed by atoms with Crippen LogP contribution in [0.5, 0.6) is 0 Å². The maximum Gasteiger partial charge on any atom is 0.0319 e. The second-order valence-corrected chi connectivity index (χ2v) is 7.04. The fourth-order valence-electron chi connectivity index (χ4n) is 5.17. The molecule has 0 atom stereocenters. The summed E-state index contributed by atoms with van der Waals surface area (Å²) in [4.78, 5) is 0. The van der Waals surface area contributed by atoms with Gasteiger partial charge in [-0.05, 0) is 79.4 Å². The first kappa shape index (κ1) is 11.6. The lowest BCUT2D eigenvalue weighted by molar-refractivity contribution is -0.0158. The smallest absolute Gasteiger partial charge is 0.0319 e. The Morgan fingerprint density at radius 1 is 0.947 bits per heavy atom. The Hall–Kier alpha value is -1.24. The first-order valence-electron chi connectivity index (χ1n) is 7.81. The molecule has 4 saturated carbocycles. The molecule has 1 nitrogen and oxygen atoms in total. The summed E-state index contributed by atoms with van der Waals surface area (Å²) in [6.07, 6.45) is 12.3. The first-order chi connectivity index (χ1) is 9.28. The van der Waals surface area contributed by atoms with Crippen LogP contribution in [-0.2, 0) is 0 Å². The lowest BCUT2D eigenvalue weighted by Gasteiger charge is -2.53. The number of hydrogen-bond acceptors (Lipinski definition) is 1. The topological polar surface area (TPSA) is 26.0 Å². The molecule has 0 aliphatic heterocycles. The molecule has 0 spiro atoms. The predicted octanol–water partition coefficient (Wildman–Crippen LogP) is 4.35. The van der Waals surface area contributed by atoms with Crippen molar-refractivity contribution >= 4 is 11.8 Å². The van der Waals surface area contributed by atoms with Gasteiger partial charge in [0.05, 0.1) is 0 Å². The Bertz CT molecular complexity index is 474. The van der Waals surface area contributed by atoms with Crippen LogP contribution < -0.4 is 5.73 Å². The lowest BCUT2D eigenvalue weighted by Crippen LogP contribution is -2.44. The molecule has 0 saturated heterocycles. The molecule has 19 heavy (non-hydrogen) atoms. The molecule has 4 bridgehead atoms. The number of rotatable bonds is 2. The van der Waals surface area contributed by atoms with Crippen molar-refractivity contribution in [1.29, 1.82) is 0 Å². The Kier molecular flexibility index (Phi) is 2.68. The van der Waals surface area contributed by atoms with Crippen molar-refractivity contribution < 1.29 is 0 Å². The highest BCUT2D eigenvalue weighted by molar-refractivity contribution is 5.55. The van der Waals surface area contributed by atoms with E-state index in [-0.39, 0.29) is 0 Å². The van der Waals surface area contributed by atoms with E-state index < -0.39 is 0 Å². The van der Waals surface area contributed by atoms with Gasteiger partial charge in [-0.1, -0.05) is 24.3 Å². The summed E-state index contributed by atoms with van der Waals surface area (Å²) in [6, 6.07) is 8.24. The second kappa shape index (κ2) is 4.40. The second-order valence-electron chi connectivity index (χ2n) is 7.04. The van der Waals surface area contributed by atoms with Crippen LogP contribution in [0.1, 0.15) is 37.7 Å². The molecule has 100 valence electrons. The van der Waals surface area contributed by atoms with Crippen LogP contribution in [0.25, 0.3) is 6.08 Å². The molecule has 1 heteroatoms. The molecule has 5 rings (SSSR count). The van der Waals surface area contributed by atoms with E-state index >= 15 is 0 Å². The van der Waals surface area contributed by atoms with E-state index in [1.54, 1.807) is 6.42 Å². The Labute approximate surface area is 115 Å². The summed E-state index contributed by atoms with van der Waals surface area (Å²) in [6.45, 7) is 0. The minimum absolute atomic E-state index is 0.842. The van der Waals surface area contributed by atoms with Gasteiger partial charge in [0.2, 0.25) is 0 Å². The van der Waals surface area contributed by atoms with Gasteiger partial charge < -0.3 is 5.73 Å². The summed E-state index contributed by atoms with van der Waals surface area (Å²) in [5, 5.41) is 0. The van der Waals surface area contributed by atoms with E-state index in [2.05, 4.69) is 24.3 Å². The average molecular weight is 253 g/mol. The van der Waals surface area contributed by atoms with Gasteiger partial charge in [-0.15, -0.1) is 0 Å². The van der Waals surface area contributed by atoms with Crippen LogP contribution >= 0.6 is 0 Å². The van der Waals surface area contributed by atoms with E-state index in [0.717, 1.165) is 35.3 Å².